The fourth-order valence-electron chi connectivity index (χ4n) is 1.80. The number of benzene rings is 1. The second kappa shape index (κ2) is 4.99. The van der Waals surface area contributed by atoms with Crippen LogP contribution >= 0.6 is 0 Å². The van der Waals surface area contributed by atoms with Gasteiger partial charge in [0.15, 0.2) is 11.6 Å². The van der Waals surface area contributed by atoms with Crippen molar-refractivity contribution in [2.24, 2.45) is 0 Å². The molecule has 0 atom stereocenters. The maximum Gasteiger partial charge on any atom is 0.491 e. The van der Waals surface area contributed by atoms with Crippen molar-refractivity contribution in [2.45, 2.75) is 0 Å². The molecule has 1 heterocycles. The Bertz CT molecular complexity index is 411. The molecule has 0 radical (unpaired) electrons. The number of morpholine rings is 1. The van der Waals surface area contributed by atoms with Gasteiger partial charge in [0.05, 0.1) is 18.9 Å². The minimum absolute atomic E-state index is 0.121. The Hall–Kier alpha value is -1.18. The Morgan fingerprint density at radius 3 is 2.35 bits per heavy atom. The summed E-state index contributed by atoms with van der Waals surface area (Å²) in [6, 6.07) is 2.52. The minimum Gasteiger partial charge on any atom is -0.423 e. The maximum absolute atomic E-state index is 13.7. The minimum atomic E-state index is -2.01. The summed E-state index contributed by atoms with van der Waals surface area (Å²) in [7, 11) is -2.01. The number of hydrogen-bond acceptors (Lipinski definition) is 4. The van der Waals surface area contributed by atoms with Crippen LogP contribution in [0, 0.1) is 11.6 Å². The first-order valence-corrected chi connectivity index (χ1v) is 5.28. The summed E-state index contributed by atoms with van der Waals surface area (Å²) in [6.45, 7) is 1.89. The van der Waals surface area contributed by atoms with Gasteiger partial charge in [-0.15, -0.1) is 0 Å². The predicted molar refractivity (Wildman–Crippen MR) is 59.2 cm³/mol. The third-order valence-corrected chi connectivity index (χ3v) is 2.72. The second-order valence-corrected chi connectivity index (χ2v) is 3.77. The number of rotatable bonds is 2. The third-order valence-electron chi connectivity index (χ3n) is 2.72. The molecule has 0 aromatic heterocycles. The summed E-state index contributed by atoms with van der Waals surface area (Å²) < 4.78 is 32.4. The van der Waals surface area contributed by atoms with Gasteiger partial charge in [-0.1, -0.05) is 6.07 Å². The summed E-state index contributed by atoms with van der Waals surface area (Å²) in [5.41, 5.74) is -0.338. The van der Waals surface area contributed by atoms with E-state index in [-0.39, 0.29) is 5.69 Å². The molecule has 1 aliphatic heterocycles. The van der Waals surface area contributed by atoms with Gasteiger partial charge >= 0.3 is 7.12 Å². The average molecular weight is 243 g/mol. The molecule has 1 aliphatic rings. The van der Waals surface area contributed by atoms with Gasteiger partial charge in [-0.2, -0.15) is 0 Å². The summed E-state index contributed by atoms with van der Waals surface area (Å²) in [6.07, 6.45) is 0. The zero-order valence-electron chi connectivity index (χ0n) is 9.07. The molecule has 0 bridgehead atoms. The van der Waals surface area contributed by atoms with Crippen LogP contribution in [-0.2, 0) is 4.74 Å². The van der Waals surface area contributed by atoms with Crippen LogP contribution in [0.1, 0.15) is 0 Å². The summed E-state index contributed by atoms with van der Waals surface area (Å²) >= 11 is 0. The molecular formula is C10H12BF2NO3. The van der Waals surface area contributed by atoms with E-state index in [9.17, 15) is 8.78 Å². The Morgan fingerprint density at radius 2 is 1.76 bits per heavy atom. The number of anilines is 1. The molecule has 1 aromatic carbocycles. The van der Waals surface area contributed by atoms with Crippen molar-refractivity contribution in [3.63, 3.8) is 0 Å². The van der Waals surface area contributed by atoms with E-state index in [2.05, 4.69) is 0 Å². The third kappa shape index (κ3) is 2.41. The average Bonchev–Trinajstić information content (AvgIpc) is 2.33. The fourth-order valence-corrected chi connectivity index (χ4v) is 1.80. The molecule has 7 heteroatoms. The van der Waals surface area contributed by atoms with Crippen LogP contribution in [0.15, 0.2) is 12.1 Å². The van der Waals surface area contributed by atoms with Gasteiger partial charge in [0, 0.05) is 18.6 Å². The number of nitrogens with zero attached hydrogens (tertiary/aromatic N) is 1. The van der Waals surface area contributed by atoms with Crippen molar-refractivity contribution >= 4 is 18.3 Å². The van der Waals surface area contributed by atoms with Gasteiger partial charge in [0.25, 0.3) is 0 Å². The summed E-state index contributed by atoms with van der Waals surface area (Å²) in [5.74, 6) is -2.28. The van der Waals surface area contributed by atoms with E-state index < -0.39 is 24.2 Å². The monoisotopic (exact) mass is 243 g/mol. The predicted octanol–water partition coefficient (Wildman–Crippen LogP) is -0.519. The van der Waals surface area contributed by atoms with Crippen LogP contribution in [0.4, 0.5) is 14.5 Å². The number of halogens is 2. The second-order valence-electron chi connectivity index (χ2n) is 3.77. The van der Waals surface area contributed by atoms with Crippen LogP contribution < -0.4 is 10.4 Å². The topological polar surface area (TPSA) is 52.9 Å². The summed E-state index contributed by atoms with van der Waals surface area (Å²) in [5, 5.41) is 17.7. The quantitative estimate of drug-likeness (QED) is 0.686. The van der Waals surface area contributed by atoms with E-state index in [0.717, 1.165) is 0 Å². The molecule has 0 unspecified atom stereocenters. The normalized spacial score (nSPS) is 16.1. The first kappa shape index (κ1) is 12.3. The SMILES string of the molecule is OB(O)c1ccc(N2CCOCC2)c(F)c1F. The Kier molecular flexibility index (Phi) is 3.61. The van der Waals surface area contributed by atoms with Crippen molar-refractivity contribution in [3.05, 3.63) is 23.8 Å². The smallest absolute Gasteiger partial charge is 0.423 e. The number of hydrogen-bond donors (Lipinski definition) is 2. The van der Waals surface area contributed by atoms with E-state index in [4.69, 9.17) is 14.8 Å². The summed E-state index contributed by atoms with van der Waals surface area (Å²) in [4.78, 5) is 1.66. The zero-order valence-corrected chi connectivity index (χ0v) is 9.07. The van der Waals surface area contributed by atoms with Crippen molar-refractivity contribution in [1.29, 1.82) is 0 Å². The van der Waals surface area contributed by atoms with Crippen molar-refractivity contribution in [1.82, 2.24) is 0 Å². The van der Waals surface area contributed by atoms with E-state index in [0.29, 0.717) is 26.3 Å². The highest BCUT2D eigenvalue weighted by molar-refractivity contribution is 6.58. The standard InChI is InChI=1S/C10H12BF2NO3/c12-9-7(11(15)16)1-2-8(10(9)13)14-3-5-17-6-4-14/h1-2,15-16H,3-6H2. The Balaban J connectivity index is 2.32. The molecule has 0 aliphatic carbocycles. The molecule has 17 heavy (non-hydrogen) atoms. The van der Waals surface area contributed by atoms with E-state index >= 15 is 0 Å². The van der Waals surface area contributed by atoms with Crippen LogP contribution in [0.5, 0.6) is 0 Å². The first-order valence-electron chi connectivity index (χ1n) is 5.28. The Morgan fingerprint density at radius 1 is 1.12 bits per heavy atom. The molecule has 4 nitrogen and oxygen atoms in total. The molecule has 0 saturated carbocycles. The van der Waals surface area contributed by atoms with Gasteiger partial charge in [0.1, 0.15) is 0 Å². The van der Waals surface area contributed by atoms with Crippen molar-refractivity contribution < 1.29 is 23.6 Å². The molecule has 1 aromatic rings. The van der Waals surface area contributed by atoms with Gasteiger partial charge in [-0.3, -0.25) is 0 Å². The van der Waals surface area contributed by atoms with Gasteiger partial charge in [-0.05, 0) is 6.07 Å². The molecule has 2 N–H and O–H groups in total. The van der Waals surface area contributed by atoms with Crippen LogP contribution in [0.3, 0.4) is 0 Å². The molecule has 0 amide bonds. The molecule has 0 spiro atoms. The highest BCUT2D eigenvalue weighted by Crippen LogP contribution is 2.21. The first-order chi connectivity index (χ1) is 8.11. The molecule has 92 valence electrons. The van der Waals surface area contributed by atoms with E-state index in [1.165, 1.54) is 12.1 Å². The van der Waals surface area contributed by atoms with Gasteiger partial charge in [-0.25, -0.2) is 8.78 Å². The molecule has 2 rings (SSSR count). The van der Waals surface area contributed by atoms with Crippen LogP contribution in [-0.4, -0.2) is 43.5 Å². The molecular weight excluding hydrogens is 231 g/mol. The Labute approximate surface area is 97.6 Å². The van der Waals surface area contributed by atoms with Crippen LogP contribution in [0.25, 0.3) is 0 Å². The maximum atomic E-state index is 13.7. The lowest BCUT2D eigenvalue weighted by Crippen LogP contribution is -2.39. The molecule has 1 fully saturated rings. The lowest BCUT2D eigenvalue weighted by molar-refractivity contribution is 0.122. The fraction of sp³-hybridized carbons (Fsp3) is 0.400. The van der Waals surface area contributed by atoms with Gasteiger partial charge < -0.3 is 19.7 Å². The van der Waals surface area contributed by atoms with Gasteiger partial charge in [0.2, 0.25) is 0 Å². The lowest BCUT2D eigenvalue weighted by atomic mass is 9.79. The number of ether oxygens (including phenoxy) is 1. The lowest BCUT2D eigenvalue weighted by Gasteiger charge is -2.29. The highest BCUT2D eigenvalue weighted by atomic mass is 19.2. The van der Waals surface area contributed by atoms with Crippen molar-refractivity contribution in [3.8, 4) is 0 Å². The van der Waals surface area contributed by atoms with Crippen LogP contribution in [0.2, 0.25) is 0 Å². The van der Waals surface area contributed by atoms with E-state index in [1.807, 2.05) is 0 Å². The highest BCUT2D eigenvalue weighted by Gasteiger charge is 2.24. The van der Waals surface area contributed by atoms with Crippen molar-refractivity contribution in [2.75, 3.05) is 31.2 Å². The zero-order chi connectivity index (χ0) is 12.4. The molecule has 1 saturated heterocycles. The van der Waals surface area contributed by atoms with E-state index in [1.54, 1.807) is 4.90 Å². The largest absolute Gasteiger partial charge is 0.491 e.